The predicted octanol–water partition coefficient (Wildman–Crippen LogP) is 1.42. The highest BCUT2D eigenvalue weighted by atomic mass is 16.5. The number of aromatic nitrogens is 2. The lowest BCUT2D eigenvalue weighted by Gasteiger charge is -2.22. The summed E-state index contributed by atoms with van der Waals surface area (Å²) in [5.74, 6) is -0.0675. The first-order valence-corrected chi connectivity index (χ1v) is 7.38. The number of nitrogens with one attached hydrogen (secondary N) is 2. The van der Waals surface area contributed by atoms with Crippen LogP contribution in [0.15, 0.2) is 30.6 Å². The third-order valence-corrected chi connectivity index (χ3v) is 3.90. The molecule has 0 aliphatic carbocycles. The van der Waals surface area contributed by atoms with Gasteiger partial charge in [0.25, 0.3) is 0 Å². The first-order valence-electron chi connectivity index (χ1n) is 7.38. The molecule has 2 N–H and O–H groups in total. The number of imidazole rings is 1. The Balaban J connectivity index is 1.69. The largest absolute Gasteiger partial charge is 0.378 e. The van der Waals surface area contributed by atoms with E-state index in [0.29, 0.717) is 19.8 Å². The highest BCUT2D eigenvalue weighted by Gasteiger charge is 2.21. The van der Waals surface area contributed by atoms with E-state index in [1.807, 2.05) is 49.0 Å². The smallest absolute Gasteiger partial charge is 0.243 e. The molecule has 0 saturated carbocycles. The molecule has 1 aromatic heterocycles. The second-order valence-electron chi connectivity index (χ2n) is 5.40. The topological polar surface area (TPSA) is 68.2 Å². The Labute approximate surface area is 129 Å². The molecule has 1 amide bonds. The second kappa shape index (κ2) is 6.29. The lowest BCUT2D eigenvalue weighted by molar-refractivity contribution is -0.120. The summed E-state index contributed by atoms with van der Waals surface area (Å²) in [7, 11) is 0. The van der Waals surface area contributed by atoms with E-state index in [-0.39, 0.29) is 11.9 Å². The van der Waals surface area contributed by atoms with Crippen LogP contribution in [0.5, 0.6) is 0 Å². The fourth-order valence-corrected chi connectivity index (χ4v) is 2.43. The van der Waals surface area contributed by atoms with Gasteiger partial charge in [-0.2, -0.15) is 0 Å². The van der Waals surface area contributed by atoms with Gasteiger partial charge in [0.1, 0.15) is 6.04 Å². The highest BCUT2D eigenvalue weighted by Crippen LogP contribution is 2.17. The van der Waals surface area contributed by atoms with Gasteiger partial charge in [0.15, 0.2) is 0 Å². The number of morpholine rings is 1. The van der Waals surface area contributed by atoms with Crippen molar-refractivity contribution in [3.05, 3.63) is 42.0 Å². The number of carbonyl (C=O) groups excluding carboxylic acids is 1. The van der Waals surface area contributed by atoms with Crippen LogP contribution < -0.4 is 10.6 Å². The van der Waals surface area contributed by atoms with Gasteiger partial charge in [-0.05, 0) is 38.1 Å². The van der Waals surface area contributed by atoms with Gasteiger partial charge < -0.3 is 19.9 Å². The van der Waals surface area contributed by atoms with Crippen LogP contribution >= 0.6 is 0 Å². The summed E-state index contributed by atoms with van der Waals surface area (Å²) in [4.78, 5) is 16.4. The van der Waals surface area contributed by atoms with Crippen LogP contribution in [-0.2, 0) is 9.53 Å². The van der Waals surface area contributed by atoms with Gasteiger partial charge in [-0.25, -0.2) is 4.98 Å². The molecule has 1 aliphatic rings. The van der Waals surface area contributed by atoms with Crippen molar-refractivity contribution in [2.45, 2.75) is 19.9 Å². The first kappa shape index (κ1) is 14.7. The molecule has 0 unspecified atom stereocenters. The highest BCUT2D eigenvalue weighted by molar-refractivity contribution is 5.95. The number of hydrogen-bond donors (Lipinski definition) is 2. The van der Waals surface area contributed by atoms with Crippen molar-refractivity contribution in [3.63, 3.8) is 0 Å². The van der Waals surface area contributed by atoms with Crippen molar-refractivity contribution in [1.29, 1.82) is 0 Å². The molecule has 22 heavy (non-hydrogen) atoms. The number of amides is 1. The Morgan fingerprint density at radius 1 is 1.36 bits per heavy atom. The number of hydrogen-bond acceptors (Lipinski definition) is 4. The van der Waals surface area contributed by atoms with Crippen LogP contribution in [0, 0.1) is 13.8 Å². The van der Waals surface area contributed by atoms with Crippen molar-refractivity contribution in [2.75, 3.05) is 25.1 Å². The molecule has 1 atom stereocenters. The molecular formula is C16H20N4O2. The monoisotopic (exact) mass is 300 g/mol. The number of benzene rings is 1. The molecule has 1 saturated heterocycles. The molecule has 0 spiro atoms. The van der Waals surface area contributed by atoms with E-state index < -0.39 is 0 Å². The lowest BCUT2D eigenvalue weighted by Crippen LogP contribution is -2.48. The van der Waals surface area contributed by atoms with E-state index in [0.717, 1.165) is 22.8 Å². The molecule has 6 nitrogen and oxygen atoms in total. The minimum Gasteiger partial charge on any atom is -0.378 e. The van der Waals surface area contributed by atoms with Crippen LogP contribution in [0.4, 0.5) is 5.69 Å². The van der Waals surface area contributed by atoms with Crippen LogP contribution in [0.25, 0.3) is 5.69 Å². The van der Waals surface area contributed by atoms with Crippen molar-refractivity contribution in [2.24, 2.45) is 0 Å². The Kier molecular flexibility index (Phi) is 4.22. The van der Waals surface area contributed by atoms with Gasteiger partial charge in [0, 0.05) is 23.6 Å². The standard InChI is InChI=1S/C16H20N4O2/c1-11-12(2)20(10-18-11)14-5-3-13(4-6-14)19-16(21)15-9-22-8-7-17-15/h3-6,10,15,17H,7-9H2,1-2H3,(H,19,21)/t15-/m0/s1. The summed E-state index contributed by atoms with van der Waals surface area (Å²) in [6.45, 7) is 5.79. The van der Waals surface area contributed by atoms with Crippen molar-refractivity contribution < 1.29 is 9.53 Å². The maximum absolute atomic E-state index is 12.1. The van der Waals surface area contributed by atoms with Crippen molar-refractivity contribution >= 4 is 11.6 Å². The summed E-state index contributed by atoms with van der Waals surface area (Å²) >= 11 is 0. The third kappa shape index (κ3) is 3.03. The van der Waals surface area contributed by atoms with Gasteiger partial charge in [0.05, 0.1) is 25.2 Å². The summed E-state index contributed by atoms with van der Waals surface area (Å²) in [5.41, 5.74) is 3.92. The maximum atomic E-state index is 12.1. The minimum atomic E-state index is -0.285. The van der Waals surface area contributed by atoms with Crippen LogP contribution in [0.2, 0.25) is 0 Å². The van der Waals surface area contributed by atoms with Crippen molar-refractivity contribution in [3.8, 4) is 5.69 Å². The van der Waals surface area contributed by atoms with Crippen molar-refractivity contribution in [1.82, 2.24) is 14.9 Å². The van der Waals surface area contributed by atoms with Gasteiger partial charge in [-0.1, -0.05) is 0 Å². The van der Waals surface area contributed by atoms with E-state index in [1.54, 1.807) is 0 Å². The molecule has 2 heterocycles. The van der Waals surface area contributed by atoms with Crippen LogP contribution in [0.3, 0.4) is 0 Å². The Hall–Kier alpha value is -2.18. The summed E-state index contributed by atoms with van der Waals surface area (Å²) in [5, 5.41) is 6.04. The molecule has 0 radical (unpaired) electrons. The zero-order valence-electron chi connectivity index (χ0n) is 12.8. The summed E-state index contributed by atoms with van der Waals surface area (Å²) < 4.78 is 7.33. The number of nitrogens with zero attached hydrogens (tertiary/aromatic N) is 2. The average Bonchev–Trinajstić information content (AvgIpc) is 2.89. The van der Waals surface area contributed by atoms with Gasteiger partial charge >= 0.3 is 0 Å². The maximum Gasteiger partial charge on any atom is 0.243 e. The summed E-state index contributed by atoms with van der Waals surface area (Å²) in [6.07, 6.45) is 1.81. The SMILES string of the molecule is Cc1ncn(-c2ccc(NC(=O)[C@@H]3COCCN3)cc2)c1C. The van der Waals surface area contributed by atoms with Crippen LogP contribution in [-0.4, -0.2) is 41.3 Å². The summed E-state index contributed by atoms with van der Waals surface area (Å²) in [6, 6.07) is 7.44. The van der Waals surface area contributed by atoms with Gasteiger partial charge in [0.2, 0.25) is 5.91 Å². The first-order chi connectivity index (χ1) is 10.6. The molecule has 2 aromatic rings. The zero-order valence-corrected chi connectivity index (χ0v) is 12.8. The fourth-order valence-electron chi connectivity index (χ4n) is 2.43. The Morgan fingerprint density at radius 2 is 2.14 bits per heavy atom. The molecular weight excluding hydrogens is 280 g/mol. The van der Waals surface area contributed by atoms with Gasteiger partial charge in [-0.15, -0.1) is 0 Å². The molecule has 1 aromatic carbocycles. The molecule has 3 rings (SSSR count). The Bertz CT molecular complexity index is 657. The van der Waals surface area contributed by atoms with Gasteiger partial charge in [-0.3, -0.25) is 4.79 Å². The molecule has 0 bridgehead atoms. The fraction of sp³-hybridized carbons (Fsp3) is 0.375. The zero-order chi connectivity index (χ0) is 15.5. The number of ether oxygens (including phenoxy) is 1. The number of anilines is 1. The minimum absolute atomic E-state index is 0.0675. The van der Waals surface area contributed by atoms with E-state index in [2.05, 4.69) is 15.6 Å². The van der Waals surface area contributed by atoms with E-state index >= 15 is 0 Å². The van der Waals surface area contributed by atoms with Crippen LogP contribution in [0.1, 0.15) is 11.4 Å². The second-order valence-corrected chi connectivity index (χ2v) is 5.40. The third-order valence-electron chi connectivity index (χ3n) is 3.90. The lowest BCUT2D eigenvalue weighted by atomic mass is 10.2. The number of aryl methyl sites for hydroxylation is 1. The average molecular weight is 300 g/mol. The molecule has 1 fully saturated rings. The molecule has 6 heteroatoms. The normalized spacial score (nSPS) is 18.2. The van der Waals surface area contributed by atoms with E-state index in [1.165, 1.54) is 0 Å². The molecule has 116 valence electrons. The molecule has 1 aliphatic heterocycles. The quantitative estimate of drug-likeness (QED) is 0.899. The number of carbonyl (C=O) groups is 1. The van der Waals surface area contributed by atoms with E-state index in [4.69, 9.17) is 4.74 Å². The number of rotatable bonds is 3. The van der Waals surface area contributed by atoms with E-state index in [9.17, 15) is 4.79 Å². The Morgan fingerprint density at radius 3 is 2.73 bits per heavy atom. The predicted molar refractivity (Wildman–Crippen MR) is 84.3 cm³/mol.